The lowest BCUT2D eigenvalue weighted by atomic mass is 10.0. The summed E-state index contributed by atoms with van der Waals surface area (Å²) in [6, 6.07) is 14.8. The average molecular weight is 587 g/mol. The molecule has 4 unspecified atom stereocenters. The van der Waals surface area contributed by atoms with E-state index in [4.69, 9.17) is 5.11 Å². The van der Waals surface area contributed by atoms with Crippen LogP contribution in [-0.2, 0) is 27.8 Å². The molecule has 222 valence electrons. The molecule has 1 fully saturated rings. The molecule has 1 aromatic heterocycles. The summed E-state index contributed by atoms with van der Waals surface area (Å²) in [6.45, 7) is 5.94. The van der Waals surface area contributed by atoms with Gasteiger partial charge >= 0.3 is 5.97 Å². The fraction of sp³-hybridized carbons (Fsp3) is 0.452. The van der Waals surface area contributed by atoms with Gasteiger partial charge in [0, 0.05) is 29.9 Å². The number of carboxylic acids is 1. The predicted molar refractivity (Wildman–Crippen MR) is 155 cm³/mol. The van der Waals surface area contributed by atoms with E-state index >= 15 is 0 Å². The number of nitrogens with zero attached hydrogens (tertiary/aromatic N) is 2. The molecular weight excluding hydrogens is 547 g/mol. The highest BCUT2D eigenvalue weighted by atomic mass is 32.2. The largest absolute Gasteiger partial charge is 0.481 e. The van der Waals surface area contributed by atoms with Crippen LogP contribution in [0.4, 0.5) is 4.39 Å². The normalized spacial score (nSPS) is 19.4. The highest BCUT2D eigenvalue weighted by Gasteiger charge is 2.42. The van der Waals surface area contributed by atoms with Gasteiger partial charge in [0.05, 0.1) is 24.3 Å². The standard InChI is InChI=1S/C31H39FN2O6S/c1-4-27-31(41(39,40)34-20(2)10-11-21(34)3)29(22-8-6-5-7-9-22)30(23-12-14-24(32)15-13-23)33(27)17-16-25(35)18-26(36)19-28(37)38/h5-9,12-15,20-21,25-26,35-36H,4,10-11,16-19H2,1-3H3,(H,37,38). The predicted octanol–water partition coefficient (Wildman–Crippen LogP) is 5.06. The van der Waals surface area contributed by atoms with Crippen LogP contribution < -0.4 is 0 Å². The first-order chi connectivity index (χ1) is 19.4. The van der Waals surface area contributed by atoms with Crippen molar-refractivity contribution in [2.24, 2.45) is 0 Å². The van der Waals surface area contributed by atoms with E-state index in [0.717, 1.165) is 12.8 Å². The van der Waals surface area contributed by atoms with E-state index in [1.54, 1.807) is 16.4 Å². The molecule has 41 heavy (non-hydrogen) atoms. The minimum Gasteiger partial charge on any atom is -0.481 e. The molecule has 2 aromatic carbocycles. The number of sulfonamides is 1. The Kier molecular flexibility index (Phi) is 9.69. The first kappa shape index (κ1) is 30.9. The maximum Gasteiger partial charge on any atom is 0.305 e. The van der Waals surface area contributed by atoms with Crippen molar-refractivity contribution >= 4 is 16.0 Å². The number of aliphatic hydroxyl groups excluding tert-OH is 2. The maximum absolute atomic E-state index is 14.6. The zero-order chi connectivity index (χ0) is 29.9. The molecule has 1 aliphatic heterocycles. The van der Waals surface area contributed by atoms with Crippen LogP contribution in [0.3, 0.4) is 0 Å². The molecule has 1 aliphatic rings. The van der Waals surface area contributed by atoms with Gasteiger partial charge < -0.3 is 19.9 Å². The Labute approximate surface area is 241 Å². The fourth-order valence-corrected chi connectivity index (χ4v) is 8.44. The molecule has 3 aromatic rings. The van der Waals surface area contributed by atoms with Gasteiger partial charge in [-0.05, 0) is 81.3 Å². The smallest absolute Gasteiger partial charge is 0.305 e. The Bertz CT molecular complexity index is 1450. The van der Waals surface area contributed by atoms with Crippen molar-refractivity contribution in [3.63, 3.8) is 0 Å². The zero-order valence-electron chi connectivity index (χ0n) is 23.7. The van der Waals surface area contributed by atoms with Crippen LogP contribution in [0.5, 0.6) is 0 Å². The van der Waals surface area contributed by atoms with Crippen LogP contribution in [-0.4, -0.2) is 62.9 Å². The second-order valence-electron chi connectivity index (χ2n) is 10.9. The van der Waals surface area contributed by atoms with Crippen LogP contribution in [0.15, 0.2) is 59.5 Å². The van der Waals surface area contributed by atoms with E-state index in [-0.39, 0.29) is 36.4 Å². The Hall–Kier alpha value is -3.05. The molecule has 2 heterocycles. The monoisotopic (exact) mass is 586 g/mol. The minimum atomic E-state index is -3.98. The molecular formula is C31H39FN2O6S. The molecule has 4 atom stereocenters. The summed E-state index contributed by atoms with van der Waals surface area (Å²) in [7, 11) is -3.98. The van der Waals surface area contributed by atoms with E-state index in [1.807, 2.05) is 55.7 Å². The molecule has 0 saturated carbocycles. The van der Waals surface area contributed by atoms with Gasteiger partial charge in [-0.1, -0.05) is 37.3 Å². The van der Waals surface area contributed by atoms with Crippen molar-refractivity contribution in [2.75, 3.05) is 0 Å². The maximum atomic E-state index is 14.6. The lowest BCUT2D eigenvalue weighted by Crippen LogP contribution is -2.39. The van der Waals surface area contributed by atoms with Gasteiger partial charge in [0.1, 0.15) is 10.7 Å². The number of hydrogen-bond donors (Lipinski definition) is 3. The van der Waals surface area contributed by atoms with E-state index in [2.05, 4.69) is 0 Å². The van der Waals surface area contributed by atoms with Gasteiger partial charge in [-0.2, -0.15) is 4.31 Å². The summed E-state index contributed by atoms with van der Waals surface area (Å²) in [4.78, 5) is 11.2. The third-order valence-corrected chi connectivity index (χ3v) is 10.1. The fourth-order valence-electron chi connectivity index (χ4n) is 6.05. The second-order valence-corrected chi connectivity index (χ2v) is 12.7. The molecule has 3 N–H and O–H groups in total. The number of aliphatic carboxylic acids is 1. The quantitative estimate of drug-likeness (QED) is 0.273. The number of halogens is 1. The minimum absolute atomic E-state index is 0.125. The average Bonchev–Trinajstić information content (AvgIpc) is 3.44. The molecule has 4 rings (SSSR count). The van der Waals surface area contributed by atoms with Crippen molar-refractivity contribution in [2.45, 2.75) is 95.0 Å². The van der Waals surface area contributed by atoms with Crippen LogP contribution in [0.2, 0.25) is 0 Å². The Morgan fingerprint density at radius 2 is 1.59 bits per heavy atom. The van der Waals surface area contributed by atoms with Gasteiger partial charge in [-0.25, -0.2) is 12.8 Å². The summed E-state index contributed by atoms with van der Waals surface area (Å²) in [5, 5.41) is 29.7. The summed E-state index contributed by atoms with van der Waals surface area (Å²) in [5.74, 6) is -1.58. The molecule has 0 bridgehead atoms. The van der Waals surface area contributed by atoms with Crippen LogP contribution >= 0.6 is 0 Å². The van der Waals surface area contributed by atoms with E-state index in [0.29, 0.717) is 34.5 Å². The van der Waals surface area contributed by atoms with Crippen molar-refractivity contribution in [1.29, 1.82) is 0 Å². The molecule has 10 heteroatoms. The molecule has 0 radical (unpaired) electrons. The number of benzene rings is 2. The Balaban J connectivity index is 1.94. The summed E-state index contributed by atoms with van der Waals surface area (Å²) in [5.41, 5.74) is 3.04. The lowest BCUT2D eigenvalue weighted by Gasteiger charge is -2.26. The third kappa shape index (κ3) is 6.56. The first-order valence-corrected chi connectivity index (χ1v) is 15.6. The van der Waals surface area contributed by atoms with E-state index < -0.39 is 40.4 Å². The number of carbonyl (C=O) groups is 1. The number of aliphatic hydroxyl groups is 2. The molecule has 0 aliphatic carbocycles. The molecule has 1 saturated heterocycles. The highest BCUT2D eigenvalue weighted by molar-refractivity contribution is 7.89. The van der Waals surface area contributed by atoms with Crippen LogP contribution in [0, 0.1) is 5.82 Å². The highest BCUT2D eigenvalue weighted by Crippen LogP contribution is 2.45. The van der Waals surface area contributed by atoms with Crippen molar-refractivity contribution < 1.29 is 32.9 Å². The van der Waals surface area contributed by atoms with Crippen molar-refractivity contribution in [3.8, 4) is 22.4 Å². The zero-order valence-corrected chi connectivity index (χ0v) is 24.5. The molecule has 0 spiro atoms. The summed E-state index contributed by atoms with van der Waals surface area (Å²) < 4.78 is 46.7. The summed E-state index contributed by atoms with van der Waals surface area (Å²) >= 11 is 0. The Morgan fingerprint density at radius 3 is 2.15 bits per heavy atom. The van der Waals surface area contributed by atoms with Gasteiger partial charge in [0.25, 0.3) is 0 Å². The van der Waals surface area contributed by atoms with E-state index in [1.165, 1.54) is 12.1 Å². The van der Waals surface area contributed by atoms with Gasteiger partial charge in [0.15, 0.2) is 0 Å². The molecule has 8 nitrogen and oxygen atoms in total. The second kappa shape index (κ2) is 12.9. The summed E-state index contributed by atoms with van der Waals surface area (Å²) in [6.07, 6.45) is -0.771. The molecule has 0 amide bonds. The first-order valence-electron chi connectivity index (χ1n) is 14.1. The lowest BCUT2D eigenvalue weighted by molar-refractivity contribution is -0.139. The number of rotatable bonds is 12. The van der Waals surface area contributed by atoms with Crippen molar-refractivity contribution in [3.05, 3.63) is 66.1 Å². The number of hydrogen-bond acceptors (Lipinski definition) is 5. The van der Waals surface area contributed by atoms with E-state index in [9.17, 15) is 27.8 Å². The van der Waals surface area contributed by atoms with Crippen LogP contribution in [0.1, 0.15) is 58.6 Å². The van der Waals surface area contributed by atoms with Crippen molar-refractivity contribution in [1.82, 2.24) is 8.87 Å². The number of carboxylic acid groups (broad SMARTS) is 1. The van der Waals surface area contributed by atoms with Gasteiger partial charge in [0.2, 0.25) is 10.0 Å². The van der Waals surface area contributed by atoms with Gasteiger partial charge in [-0.3, -0.25) is 4.79 Å². The van der Waals surface area contributed by atoms with Crippen LogP contribution in [0.25, 0.3) is 22.4 Å². The topological polar surface area (TPSA) is 120 Å². The SMILES string of the molecule is CCc1c(S(=O)(=O)N2C(C)CCC2C)c(-c2ccccc2)c(-c2ccc(F)cc2)n1CCC(O)CC(O)CC(=O)O. The number of aromatic nitrogens is 1. The Morgan fingerprint density at radius 1 is 0.976 bits per heavy atom. The third-order valence-electron chi connectivity index (χ3n) is 7.88. The van der Waals surface area contributed by atoms with Gasteiger partial charge in [-0.15, -0.1) is 0 Å².